The molecule has 3 aromatic rings. The fourth-order valence-corrected chi connectivity index (χ4v) is 7.32. The maximum atomic E-state index is 13.1. The van der Waals surface area contributed by atoms with Crippen molar-refractivity contribution in [3.05, 3.63) is 91.7 Å². The number of hydrogen-bond donors (Lipinski definition) is 3. The maximum Gasteiger partial charge on any atom is 0.253 e. The van der Waals surface area contributed by atoms with Crippen LogP contribution in [0.5, 0.6) is 0 Å². The predicted octanol–water partition coefficient (Wildman–Crippen LogP) is 5.07. The number of nitriles is 1. The molecule has 0 bridgehead atoms. The summed E-state index contributed by atoms with van der Waals surface area (Å²) in [5, 5.41) is 27.3. The van der Waals surface area contributed by atoms with Gasteiger partial charge in [-0.3, -0.25) is 9.59 Å². The minimum atomic E-state index is -0.760. The third-order valence-electron chi connectivity index (χ3n) is 9.88. The molecule has 3 aromatic carbocycles. The number of aliphatic hydroxyl groups excluding tert-OH is 1. The maximum absolute atomic E-state index is 13.1. The third-order valence-corrected chi connectivity index (χ3v) is 9.88. The van der Waals surface area contributed by atoms with Crippen LogP contribution in [0.2, 0.25) is 0 Å². The fraction of sp³-hybridized carbons (Fsp3) is 0.553. The van der Waals surface area contributed by atoms with Gasteiger partial charge in [0.2, 0.25) is 0 Å². The first-order valence-electron chi connectivity index (χ1n) is 17.4. The van der Waals surface area contributed by atoms with Crippen LogP contribution in [-0.4, -0.2) is 57.2 Å². The van der Waals surface area contributed by atoms with Crippen LogP contribution < -0.4 is 26.4 Å². The summed E-state index contributed by atoms with van der Waals surface area (Å²) in [5.74, 6) is 0.617. The fourth-order valence-electron chi connectivity index (χ4n) is 7.32. The van der Waals surface area contributed by atoms with Gasteiger partial charge in [0.15, 0.2) is 0 Å². The van der Waals surface area contributed by atoms with Gasteiger partial charge in [0.25, 0.3) is 10.9 Å². The zero-order chi connectivity index (χ0) is 33.0. The van der Waals surface area contributed by atoms with E-state index in [4.69, 9.17) is 14.7 Å². The Morgan fingerprint density at radius 1 is 0.979 bits per heavy atom. The number of rotatable bonds is 17. The molecule has 2 aliphatic rings. The number of hydrogen-bond acceptors (Lipinski definition) is 9. The molecule has 1 saturated carbocycles. The molecule has 4 atom stereocenters. The van der Waals surface area contributed by atoms with Gasteiger partial charge in [-0.15, -0.1) is 0 Å². The first kappa shape index (κ1) is 34.8. The first-order chi connectivity index (χ1) is 23.0. The summed E-state index contributed by atoms with van der Waals surface area (Å²) in [7, 11) is 1.69. The summed E-state index contributed by atoms with van der Waals surface area (Å²) in [5.41, 5.74) is 2.61. The molecule has 5 rings (SSSR count). The molecular weight excluding hydrogens is 592 g/mol. The van der Waals surface area contributed by atoms with Gasteiger partial charge in [-0.2, -0.15) is 5.26 Å². The van der Waals surface area contributed by atoms with Crippen molar-refractivity contribution in [2.75, 3.05) is 50.2 Å². The van der Waals surface area contributed by atoms with Crippen LogP contribution in [0, 0.1) is 23.2 Å². The summed E-state index contributed by atoms with van der Waals surface area (Å²) in [6.45, 7) is 3.41. The van der Waals surface area contributed by atoms with Crippen LogP contribution >= 0.6 is 0 Å². The minimum absolute atomic E-state index is 0.123. The second-order valence-corrected chi connectivity index (χ2v) is 13.3. The van der Waals surface area contributed by atoms with E-state index in [1.54, 1.807) is 19.2 Å². The lowest BCUT2D eigenvalue weighted by Gasteiger charge is -2.40. The Morgan fingerprint density at radius 3 is 2.47 bits per heavy atom. The Bertz CT molecular complexity index is 1490. The smallest absolute Gasteiger partial charge is 0.253 e. The standard InChI is InChI=1S/C38H50N4O5/c1-46-20-9-21-47-38(30-12-6-3-7-13-30)31-14-8-19-42(26-31)35-34(36(44)37(35)45)41-32(22-27-10-4-2-5-11-27)33(43)25-40-24-29-17-15-28(23-39)16-18-29/h3,6-7,12-13,15-18,27,31-33,38,40-41,43H,2,4-5,8-11,14,19-22,24-26H2,1H3/t31-,32+,33+,38+/m1/s1. The lowest BCUT2D eigenvalue weighted by Crippen LogP contribution is -2.50. The van der Waals surface area contributed by atoms with Gasteiger partial charge in [0.05, 0.1) is 29.9 Å². The van der Waals surface area contributed by atoms with E-state index in [0.717, 1.165) is 49.7 Å². The van der Waals surface area contributed by atoms with Crippen molar-refractivity contribution in [2.45, 2.75) is 82.6 Å². The Morgan fingerprint density at radius 2 is 1.74 bits per heavy atom. The molecule has 0 amide bonds. The molecule has 1 heterocycles. The van der Waals surface area contributed by atoms with Crippen molar-refractivity contribution in [1.82, 2.24) is 5.32 Å². The largest absolute Gasteiger partial charge is 0.390 e. The molecule has 0 aromatic heterocycles. The zero-order valence-corrected chi connectivity index (χ0v) is 27.7. The molecule has 3 N–H and O–H groups in total. The van der Waals surface area contributed by atoms with Crippen LogP contribution in [0.25, 0.3) is 0 Å². The number of piperidine rings is 1. The molecule has 9 nitrogen and oxygen atoms in total. The topological polar surface area (TPSA) is 124 Å². The molecule has 0 unspecified atom stereocenters. The molecule has 0 spiro atoms. The van der Waals surface area contributed by atoms with E-state index in [2.05, 4.69) is 33.7 Å². The van der Waals surface area contributed by atoms with E-state index >= 15 is 0 Å². The molecular formula is C38H50N4O5. The summed E-state index contributed by atoms with van der Waals surface area (Å²) >= 11 is 0. The van der Waals surface area contributed by atoms with Gasteiger partial charge in [-0.1, -0.05) is 74.6 Å². The van der Waals surface area contributed by atoms with Crippen LogP contribution in [0.3, 0.4) is 0 Å². The van der Waals surface area contributed by atoms with E-state index in [1.807, 2.05) is 30.3 Å². The monoisotopic (exact) mass is 642 g/mol. The number of nitrogens with zero attached hydrogens (tertiary/aromatic N) is 2. The van der Waals surface area contributed by atoms with Gasteiger partial charge >= 0.3 is 0 Å². The highest BCUT2D eigenvalue weighted by Crippen LogP contribution is 2.36. The lowest BCUT2D eigenvalue weighted by atomic mass is 9.83. The predicted molar refractivity (Wildman–Crippen MR) is 185 cm³/mol. The van der Waals surface area contributed by atoms with Gasteiger partial charge < -0.3 is 30.1 Å². The first-order valence-corrected chi connectivity index (χ1v) is 17.4. The summed E-state index contributed by atoms with van der Waals surface area (Å²) < 4.78 is 11.7. The van der Waals surface area contributed by atoms with E-state index < -0.39 is 17.0 Å². The van der Waals surface area contributed by atoms with Crippen molar-refractivity contribution in [2.24, 2.45) is 11.8 Å². The van der Waals surface area contributed by atoms with Crippen molar-refractivity contribution in [1.29, 1.82) is 5.26 Å². The van der Waals surface area contributed by atoms with Gasteiger partial charge in [0.1, 0.15) is 11.4 Å². The second-order valence-electron chi connectivity index (χ2n) is 13.3. The molecule has 2 fully saturated rings. The van der Waals surface area contributed by atoms with E-state index in [0.29, 0.717) is 62.2 Å². The van der Waals surface area contributed by atoms with E-state index in [1.165, 1.54) is 19.3 Å². The highest BCUT2D eigenvalue weighted by Gasteiger charge is 2.35. The van der Waals surface area contributed by atoms with Crippen molar-refractivity contribution >= 4 is 11.4 Å². The van der Waals surface area contributed by atoms with Crippen LogP contribution in [-0.2, 0) is 16.0 Å². The van der Waals surface area contributed by atoms with E-state index in [9.17, 15) is 14.7 Å². The summed E-state index contributed by atoms with van der Waals surface area (Å²) in [6, 6.07) is 19.4. The van der Waals surface area contributed by atoms with Crippen molar-refractivity contribution < 1.29 is 14.6 Å². The summed E-state index contributed by atoms with van der Waals surface area (Å²) in [6.07, 6.45) is 8.34. The number of anilines is 2. The minimum Gasteiger partial charge on any atom is -0.390 e. The van der Waals surface area contributed by atoms with Crippen molar-refractivity contribution in [3.63, 3.8) is 0 Å². The van der Waals surface area contributed by atoms with Crippen molar-refractivity contribution in [3.8, 4) is 6.07 Å². The van der Waals surface area contributed by atoms with Gasteiger partial charge in [-0.05, 0) is 54.9 Å². The lowest BCUT2D eigenvalue weighted by molar-refractivity contribution is -0.00235. The molecule has 1 saturated heterocycles. The highest BCUT2D eigenvalue weighted by molar-refractivity contribution is 5.75. The second kappa shape index (κ2) is 17.6. The van der Waals surface area contributed by atoms with Crippen LogP contribution in [0.4, 0.5) is 11.4 Å². The molecule has 0 radical (unpaired) electrons. The number of aliphatic hydroxyl groups is 1. The molecule has 1 aliphatic carbocycles. The Labute approximate surface area is 278 Å². The van der Waals surface area contributed by atoms with Crippen LogP contribution in [0.1, 0.15) is 80.6 Å². The Kier molecular flexibility index (Phi) is 13.0. The zero-order valence-electron chi connectivity index (χ0n) is 27.7. The van der Waals surface area contributed by atoms with Gasteiger partial charge in [0, 0.05) is 52.4 Å². The van der Waals surface area contributed by atoms with Crippen LogP contribution in [0.15, 0.2) is 64.2 Å². The van der Waals surface area contributed by atoms with Gasteiger partial charge in [-0.25, -0.2) is 0 Å². The Balaban J connectivity index is 1.29. The Hall–Kier alpha value is -3.55. The SMILES string of the molecule is COCCCO[C@@H](c1ccccc1)[C@@H]1CCCN(c2c(N[C@@H](CC3CCCCC3)[C@@H](O)CNCc3ccc(C#N)cc3)c(=O)c2=O)C1. The molecule has 9 heteroatoms. The number of benzene rings is 2. The quantitative estimate of drug-likeness (QED) is 0.137. The molecule has 252 valence electrons. The summed E-state index contributed by atoms with van der Waals surface area (Å²) in [4.78, 5) is 28.3. The highest BCUT2D eigenvalue weighted by atomic mass is 16.5. The third kappa shape index (κ3) is 9.29. The molecule has 47 heavy (non-hydrogen) atoms. The average Bonchev–Trinajstić information content (AvgIpc) is 3.12. The number of nitrogens with one attached hydrogen (secondary N) is 2. The average molecular weight is 643 g/mol. The van der Waals surface area contributed by atoms with E-state index in [-0.39, 0.29) is 18.1 Å². The molecule has 1 aliphatic heterocycles. The number of ether oxygens (including phenoxy) is 2. The normalized spacial score (nSPS) is 19.3. The number of methoxy groups -OCH3 is 1.